The van der Waals surface area contributed by atoms with E-state index in [0.29, 0.717) is 44.9 Å². The molecule has 0 N–H and O–H groups in total. The van der Waals surface area contributed by atoms with E-state index in [1.807, 2.05) is 0 Å². The van der Waals surface area contributed by atoms with E-state index in [9.17, 15) is 4.79 Å². The lowest BCUT2D eigenvalue weighted by atomic mass is 10.0. The van der Waals surface area contributed by atoms with Crippen molar-refractivity contribution in [1.29, 1.82) is 5.26 Å². The van der Waals surface area contributed by atoms with Crippen LogP contribution < -0.4 is 10.2 Å². The second-order valence-corrected chi connectivity index (χ2v) is 5.29. The molecule has 1 aliphatic rings. The Morgan fingerprint density at radius 3 is 2.87 bits per heavy atom. The highest BCUT2D eigenvalue weighted by Crippen LogP contribution is 2.35. The molecule has 112 valence electrons. The van der Waals surface area contributed by atoms with Gasteiger partial charge in [0, 0.05) is 5.56 Å². The van der Waals surface area contributed by atoms with Gasteiger partial charge in [-0.05, 0) is 37.3 Å². The molecule has 0 saturated carbocycles. The van der Waals surface area contributed by atoms with Crippen molar-refractivity contribution >= 4 is 17.0 Å². The molecule has 0 spiro atoms. The largest absolute Gasteiger partial charge is 0.487 e. The third-order valence-corrected chi connectivity index (χ3v) is 3.88. The number of nitriles is 1. The number of hydrogen-bond donors (Lipinski definition) is 0. The van der Waals surface area contributed by atoms with Crippen LogP contribution in [0.25, 0.3) is 28.6 Å². The molecule has 2 aromatic heterocycles. The van der Waals surface area contributed by atoms with Crippen LogP contribution in [0.1, 0.15) is 11.1 Å². The topological polar surface area (TPSA) is 76.4 Å². The summed E-state index contributed by atoms with van der Waals surface area (Å²) in [5.74, 6) is 1.47. The predicted molar refractivity (Wildman–Crippen MR) is 84.0 cm³/mol. The van der Waals surface area contributed by atoms with Crippen LogP contribution in [0.4, 0.5) is 0 Å². The van der Waals surface area contributed by atoms with E-state index >= 15 is 0 Å². The lowest BCUT2D eigenvalue weighted by Gasteiger charge is -2.16. The molecule has 0 atom stereocenters. The minimum Gasteiger partial charge on any atom is -0.487 e. The number of fused-ring (bicyclic) bond motifs is 3. The van der Waals surface area contributed by atoms with Crippen molar-refractivity contribution in [2.24, 2.45) is 0 Å². The summed E-state index contributed by atoms with van der Waals surface area (Å²) in [6.07, 6.45) is 3.22. The number of hydrogen-bond acceptors (Lipinski definition) is 5. The van der Waals surface area contributed by atoms with Gasteiger partial charge in [0.15, 0.2) is 16.9 Å². The first-order chi connectivity index (χ1) is 11.2. The van der Waals surface area contributed by atoms with E-state index in [-0.39, 0.29) is 12.0 Å². The van der Waals surface area contributed by atoms with Gasteiger partial charge in [-0.15, -0.1) is 0 Å². The average Bonchev–Trinajstić information content (AvgIpc) is 3.11. The highest BCUT2D eigenvalue weighted by molar-refractivity contribution is 5.91. The van der Waals surface area contributed by atoms with Crippen LogP contribution in [0.2, 0.25) is 0 Å². The molecule has 1 aromatic carbocycles. The van der Waals surface area contributed by atoms with Gasteiger partial charge >= 0.3 is 0 Å². The Kier molecular flexibility index (Phi) is 2.85. The van der Waals surface area contributed by atoms with Crippen LogP contribution in [0, 0.1) is 18.3 Å². The highest BCUT2D eigenvalue weighted by atomic mass is 16.5. The maximum Gasteiger partial charge on any atom is 0.196 e. The van der Waals surface area contributed by atoms with E-state index in [1.54, 1.807) is 37.3 Å². The molecule has 0 bridgehead atoms. The first kappa shape index (κ1) is 13.4. The third kappa shape index (κ3) is 1.96. The quantitative estimate of drug-likeness (QED) is 0.685. The summed E-state index contributed by atoms with van der Waals surface area (Å²) >= 11 is 0. The SMILES string of the molecule is Cc1c(-c2ccco2)oc2c3c(ccc2c1=O)OCC(C#N)=C3. The molecule has 0 aliphatic carbocycles. The third-order valence-electron chi connectivity index (χ3n) is 3.88. The summed E-state index contributed by atoms with van der Waals surface area (Å²) in [6, 6.07) is 8.96. The molecule has 4 rings (SSSR count). The minimum atomic E-state index is -0.127. The van der Waals surface area contributed by atoms with Gasteiger partial charge in [-0.1, -0.05) is 0 Å². The molecule has 1 aliphatic heterocycles. The highest BCUT2D eigenvalue weighted by Gasteiger charge is 2.21. The van der Waals surface area contributed by atoms with Crippen molar-refractivity contribution in [3.8, 4) is 23.3 Å². The molecule has 23 heavy (non-hydrogen) atoms. The van der Waals surface area contributed by atoms with Crippen molar-refractivity contribution in [2.75, 3.05) is 6.61 Å². The Bertz CT molecular complexity index is 1050. The lowest BCUT2D eigenvalue weighted by Crippen LogP contribution is -2.11. The first-order valence-corrected chi connectivity index (χ1v) is 7.07. The van der Waals surface area contributed by atoms with Crippen LogP contribution in [-0.2, 0) is 0 Å². The van der Waals surface area contributed by atoms with Gasteiger partial charge in [-0.2, -0.15) is 5.26 Å². The van der Waals surface area contributed by atoms with Crippen LogP contribution in [-0.4, -0.2) is 6.61 Å². The van der Waals surface area contributed by atoms with Gasteiger partial charge in [-0.3, -0.25) is 4.79 Å². The van der Waals surface area contributed by atoms with E-state index in [0.717, 1.165) is 0 Å². The number of furan rings is 1. The molecular weight excluding hydrogens is 294 g/mol. The van der Waals surface area contributed by atoms with Crippen molar-refractivity contribution < 1.29 is 13.6 Å². The molecule has 0 unspecified atom stereocenters. The van der Waals surface area contributed by atoms with Crippen LogP contribution >= 0.6 is 0 Å². The summed E-state index contributed by atoms with van der Waals surface area (Å²) in [5.41, 5.74) is 1.84. The molecule has 0 fully saturated rings. The fourth-order valence-corrected chi connectivity index (χ4v) is 2.70. The standard InChI is InChI=1S/C18H11NO4/c1-10-16(20)12-4-5-14-13(7-11(8-19)9-22-14)18(12)23-17(10)15-3-2-6-21-15/h2-7H,9H2,1H3. The van der Waals surface area contributed by atoms with Gasteiger partial charge in [0.2, 0.25) is 0 Å². The first-order valence-electron chi connectivity index (χ1n) is 7.07. The molecule has 0 amide bonds. The Morgan fingerprint density at radius 2 is 2.13 bits per heavy atom. The number of benzene rings is 1. The number of ether oxygens (including phenoxy) is 1. The maximum atomic E-state index is 12.7. The Morgan fingerprint density at radius 1 is 1.26 bits per heavy atom. The fraction of sp³-hybridized carbons (Fsp3) is 0.111. The Hall–Kier alpha value is -3.26. The molecule has 0 radical (unpaired) electrons. The maximum absolute atomic E-state index is 12.7. The van der Waals surface area contributed by atoms with Crippen LogP contribution in [0.15, 0.2) is 49.7 Å². The second kappa shape index (κ2) is 4.89. The summed E-state index contributed by atoms with van der Waals surface area (Å²) in [7, 11) is 0. The zero-order chi connectivity index (χ0) is 16.0. The van der Waals surface area contributed by atoms with E-state index in [4.69, 9.17) is 18.8 Å². The van der Waals surface area contributed by atoms with E-state index < -0.39 is 0 Å². The summed E-state index contributed by atoms with van der Waals surface area (Å²) in [4.78, 5) is 12.7. The summed E-state index contributed by atoms with van der Waals surface area (Å²) in [6.45, 7) is 1.92. The fourth-order valence-electron chi connectivity index (χ4n) is 2.70. The molecule has 3 aromatic rings. The monoisotopic (exact) mass is 305 g/mol. The predicted octanol–water partition coefficient (Wildman–Crippen LogP) is 3.66. The smallest absolute Gasteiger partial charge is 0.196 e. The Balaban J connectivity index is 2.11. The van der Waals surface area contributed by atoms with E-state index in [2.05, 4.69) is 6.07 Å². The number of nitrogens with zero attached hydrogens (tertiary/aromatic N) is 1. The molecule has 5 nitrogen and oxygen atoms in total. The van der Waals surface area contributed by atoms with Gasteiger partial charge in [-0.25, -0.2) is 0 Å². The summed E-state index contributed by atoms with van der Waals surface area (Å²) in [5, 5.41) is 9.54. The Labute approximate surface area is 131 Å². The van der Waals surface area contributed by atoms with Crippen molar-refractivity contribution in [3.63, 3.8) is 0 Å². The molecule has 5 heteroatoms. The van der Waals surface area contributed by atoms with Crippen molar-refractivity contribution in [3.05, 3.63) is 57.5 Å². The minimum absolute atomic E-state index is 0.127. The zero-order valence-electron chi connectivity index (χ0n) is 12.3. The van der Waals surface area contributed by atoms with Gasteiger partial charge in [0.1, 0.15) is 17.9 Å². The van der Waals surface area contributed by atoms with Crippen molar-refractivity contribution in [2.45, 2.75) is 6.92 Å². The molecule has 0 saturated heterocycles. The van der Waals surface area contributed by atoms with Crippen molar-refractivity contribution in [1.82, 2.24) is 0 Å². The van der Waals surface area contributed by atoms with Crippen LogP contribution in [0.5, 0.6) is 5.75 Å². The van der Waals surface area contributed by atoms with Gasteiger partial charge in [0.25, 0.3) is 0 Å². The van der Waals surface area contributed by atoms with E-state index in [1.165, 1.54) is 6.26 Å². The normalized spacial score (nSPS) is 13.1. The number of rotatable bonds is 1. The molecular formula is C18H11NO4. The van der Waals surface area contributed by atoms with Gasteiger partial charge < -0.3 is 13.6 Å². The van der Waals surface area contributed by atoms with Gasteiger partial charge in [0.05, 0.1) is 28.9 Å². The zero-order valence-corrected chi connectivity index (χ0v) is 12.3. The average molecular weight is 305 g/mol. The second-order valence-electron chi connectivity index (χ2n) is 5.29. The van der Waals surface area contributed by atoms with Crippen LogP contribution in [0.3, 0.4) is 0 Å². The summed E-state index contributed by atoms with van der Waals surface area (Å²) < 4.78 is 16.9. The lowest BCUT2D eigenvalue weighted by molar-refractivity contribution is 0.351. The molecule has 3 heterocycles.